The molecule has 1 atom stereocenters. The fourth-order valence-corrected chi connectivity index (χ4v) is 6.23. The van der Waals surface area contributed by atoms with Crippen molar-refractivity contribution in [3.05, 3.63) is 54.6 Å². The first-order valence-corrected chi connectivity index (χ1v) is 13.3. The van der Waals surface area contributed by atoms with Crippen molar-refractivity contribution in [2.24, 2.45) is 5.92 Å². The van der Waals surface area contributed by atoms with E-state index in [2.05, 4.69) is 6.92 Å². The molecule has 0 amide bonds. The maximum atomic E-state index is 13.6. The molecule has 3 N–H and O–H groups in total. The van der Waals surface area contributed by atoms with Crippen molar-refractivity contribution in [1.29, 1.82) is 0 Å². The summed E-state index contributed by atoms with van der Waals surface area (Å²) in [4.78, 5) is 13.9. The van der Waals surface area contributed by atoms with Crippen LogP contribution in [0, 0.1) is 11.7 Å². The first-order chi connectivity index (χ1) is 15.2. The van der Waals surface area contributed by atoms with Crippen molar-refractivity contribution in [3.63, 3.8) is 0 Å². The Kier molecular flexibility index (Phi) is 8.10. The minimum Gasteiger partial charge on any atom is -0.478 e. The zero-order valence-corrected chi connectivity index (χ0v) is 19.7. The van der Waals surface area contributed by atoms with Crippen molar-refractivity contribution in [2.75, 3.05) is 23.5 Å². The number of unbranched alkanes of at least 4 members (excludes halogenated alkanes) is 1. The lowest BCUT2D eigenvalue weighted by Gasteiger charge is -2.34. The summed E-state index contributed by atoms with van der Waals surface area (Å²) in [5.41, 5.74) is 1.40. The van der Waals surface area contributed by atoms with Crippen LogP contribution in [-0.4, -0.2) is 38.7 Å². The number of nitrogens with zero attached hydrogens (tertiary/aromatic N) is 1. The number of benzene rings is 2. The number of hydrogen-bond donors (Lipinski definition) is 3. The van der Waals surface area contributed by atoms with E-state index in [1.165, 1.54) is 23.9 Å². The van der Waals surface area contributed by atoms with E-state index in [9.17, 15) is 18.3 Å². The van der Waals surface area contributed by atoms with Crippen molar-refractivity contribution < 1.29 is 28.1 Å². The predicted molar refractivity (Wildman–Crippen MR) is 128 cm³/mol. The van der Waals surface area contributed by atoms with Gasteiger partial charge in [0.2, 0.25) is 0 Å². The average molecular weight is 482 g/mol. The normalized spacial score (nSPS) is 18.8. The van der Waals surface area contributed by atoms with Gasteiger partial charge in [0.15, 0.2) is 0 Å². The summed E-state index contributed by atoms with van der Waals surface area (Å²) < 4.78 is 41.4. The van der Waals surface area contributed by atoms with Gasteiger partial charge in [0.1, 0.15) is 11.6 Å². The van der Waals surface area contributed by atoms with Gasteiger partial charge >= 0.3 is 5.97 Å². The number of anilines is 2. The molecule has 9 heteroatoms. The number of carboxylic acids is 1. The minimum absolute atomic E-state index is 0.0337. The number of aliphatic carboxylic acids is 1. The number of carbonyl (C=O) groups is 1. The molecule has 2 aromatic rings. The minimum atomic E-state index is -3.14. The van der Waals surface area contributed by atoms with E-state index in [4.69, 9.17) is 9.84 Å². The van der Waals surface area contributed by atoms with E-state index >= 15 is 0 Å². The second-order valence-electron chi connectivity index (χ2n) is 7.66. The van der Waals surface area contributed by atoms with Gasteiger partial charge in [0.25, 0.3) is 0 Å². The Bertz CT molecular complexity index is 981. The van der Waals surface area contributed by atoms with Crippen LogP contribution in [0.2, 0.25) is 0 Å². The third-order valence-corrected chi connectivity index (χ3v) is 8.03. The predicted octanol–water partition coefficient (Wildman–Crippen LogP) is 6.59. The molecule has 2 aromatic carbocycles. The number of halogens is 1. The molecule has 0 saturated carbocycles. The average Bonchev–Trinajstić information content (AvgIpc) is 2.85. The van der Waals surface area contributed by atoms with Gasteiger partial charge in [-0.05, 0) is 48.9 Å². The maximum absolute atomic E-state index is 13.6. The third kappa shape index (κ3) is 5.78. The van der Waals surface area contributed by atoms with Crippen molar-refractivity contribution in [3.8, 4) is 5.75 Å². The standard InChI is InChI=1S/C23H28FNO5S2/c1-3-4-5-16-14-25(18-8-6-17(24)7-9-18)19-12-21(31-2)20(30-11-10-23(26)27)13-22(19)32(28,29)15-16/h6-13,16,28-29H,3-5,14-15H2,1-2H3,(H,26,27)/b11-10+/t16-/m0/s1. The molecule has 3 rings (SSSR count). The van der Waals surface area contributed by atoms with Crippen molar-refractivity contribution in [1.82, 2.24) is 0 Å². The molecule has 0 aliphatic carbocycles. The summed E-state index contributed by atoms with van der Waals surface area (Å²) >= 11 is 1.40. The second-order valence-corrected chi connectivity index (χ2v) is 10.6. The van der Waals surface area contributed by atoms with Crippen LogP contribution in [0.3, 0.4) is 0 Å². The molecule has 6 nitrogen and oxygen atoms in total. The topological polar surface area (TPSA) is 90.2 Å². The molecule has 0 aromatic heterocycles. The number of ether oxygens (including phenoxy) is 1. The largest absolute Gasteiger partial charge is 0.478 e. The summed E-state index contributed by atoms with van der Waals surface area (Å²) in [5.74, 6) is -0.877. The highest BCUT2D eigenvalue weighted by Crippen LogP contribution is 2.59. The van der Waals surface area contributed by atoms with Gasteiger partial charge in [-0.1, -0.05) is 19.8 Å². The van der Waals surface area contributed by atoms with Crippen molar-refractivity contribution in [2.45, 2.75) is 36.0 Å². The molecular weight excluding hydrogens is 453 g/mol. The Morgan fingerprint density at radius 2 is 2.03 bits per heavy atom. The van der Waals surface area contributed by atoms with Crippen LogP contribution in [0.15, 0.2) is 58.5 Å². The SMILES string of the molecule is CCCC[C@H]1CN(c2ccc(F)cc2)c2cc(SC)c(O/C=C/C(=O)O)cc2S(O)(O)C1. The molecule has 0 fully saturated rings. The van der Waals surface area contributed by atoms with E-state index in [1.54, 1.807) is 18.2 Å². The monoisotopic (exact) mass is 481 g/mol. The van der Waals surface area contributed by atoms with Gasteiger partial charge in [-0.2, -0.15) is 10.6 Å². The lowest BCUT2D eigenvalue weighted by atomic mass is 10.0. The molecule has 1 aliphatic rings. The number of hydrogen-bond acceptors (Lipinski definition) is 6. The number of thioether (sulfide) groups is 1. The van der Waals surface area contributed by atoms with Crippen LogP contribution >= 0.6 is 22.4 Å². The number of rotatable bonds is 8. The fourth-order valence-electron chi connectivity index (χ4n) is 3.78. The highest BCUT2D eigenvalue weighted by Gasteiger charge is 2.33. The summed E-state index contributed by atoms with van der Waals surface area (Å²) in [6, 6.07) is 9.56. The van der Waals surface area contributed by atoms with Crippen LogP contribution in [0.25, 0.3) is 0 Å². The summed E-state index contributed by atoms with van der Waals surface area (Å²) in [5, 5.41) is 8.83. The third-order valence-electron chi connectivity index (χ3n) is 5.31. The smallest absolute Gasteiger partial charge is 0.331 e. The Morgan fingerprint density at radius 1 is 1.31 bits per heavy atom. The van der Waals surface area contributed by atoms with Crippen LogP contribution in [0.4, 0.5) is 15.8 Å². The van der Waals surface area contributed by atoms with Gasteiger partial charge in [-0.25, -0.2) is 9.18 Å². The van der Waals surface area contributed by atoms with E-state index in [-0.39, 0.29) is 17.5 Å². The highest BCUT2D eigenvalue weighted by molar-refractivity contribution is 8.24. The summed E-state index contributed by atoms with van der Waals surface area (Å²) in [7, 11) is -3.14. The molecule has 0 saturated heterocycles. The van der Waals surface area contributed by atoms with Crippen LogP contribution in [0.1, 0.15) is 26.2 Å². The highest BCUT2D eigenvalue weighted by atomic mass is 32.3. The van der Waals surface area contributed by atoms with Crippen LogP contribution in [-0.2, 0) is 4.79 Å². The molecule has 32 heavy (non-hydrogen) atoms. The molecule has 1 aliphatic heterocycles. The lowest BCUT2D eigenvalue weighted by molar-refractivity contribution is -0.131. The Balaban J connectivity index is 2.13. The van der Waals surface area contributed by atoms with Gasteiger partial charge in [-0.15, -0.1) is 11.8 Å². The Labute approximate surface area is 193 Å². The number of carboxylic acid groups (broad SMARTS) is 1. The van der Waals surface area contributed by atoms with E-state index in [1.807, 2.05) is 17.2 Å². The van der Waals surface area contributed by atoms with Gasteiger partial charge < -0.3 is 14.7 Å². The first-order valence-electron chi connectivity index (χ1n) is 10.3. The van der Waals surface area contributed by atoms with E-state index in [0.717, 1.165) is 37.3 Å². The van der Waals surface area contributed by atoms with Gasteiger partial charge in [0.05, 0.1) is 27.8 Å². The quantitative estimate of drug-likeness (QED) is 0.222. The molecular formula is C23H28FNO5S2. The maximum Gasteiger partial charge on any atom is 0.331 e. The van der Waals surface area contributed by atoms with Crippen molar-refractivity contribution >= 4 is 39.7 Å². The number of fused-ring (bicyclic) bond motifs is 1. The van der Waals surface area contributed by atoms with Gasteiger partial charge in [0, 0.05) is 24.1 Å². The van der Waals surface area contributed by atoms with Gasteiger partial charge in [-0.3, -0.25) is 9.11 Å². The zero-order chi connectivity index (χ0) is 23.3. The zero-order valence-electron chi connectivity index (χ0n) is 18.0. The van der Waals surface area contributed by atoms with Crippen LogP contribution in [0.5, 0.6) is 5.75 Å². The first kappa shape index (κ1) is 24.4. The second kappa shape index (κ2) is 10.6. The molecule has 1 heterocycles. The van der Waals surface area contributed by atoms with E-state index < -0.39 is 16.6 Å². The summed E-state index contributed by atoms with van der Waals surface area (Å²) in [6.07, 6.45) is 6.62. The molecule has 0 spiro atoms. The Morgan fingerprint density at radius 3 is 2.66 bits per heavy atom. The molecule has 0 unspecified atom stereocenters. The fraction of sp³-hybridized carbons (Fsp3) is 0.348. The Hall–Kier alpha value is -2.20. The summed E-state index contributed by atoms with van der Waals surface area (Å²) in [6.45, 7) is 2.67. The molecule has 0 radical (unpaired) electrons. The molecule has 174 valence electrons. The lowest BCUT2D eigenvalue weighted by Crippen LogP contribution is -2.25. The van der Waals surface area contributed by atoms with E-state index in [0.29, 0.717) is 27.8 Å². The molecule has 0 bridgehead atoms. The van der Waals surface area contributed by atoms with Crippen LogP contribution < -0.4 is 9.64 Å².